The van der Waals surface area contributed by atoms with Crippen molar-refractivity contribution in [2.75, 3.05) is 25.2 Å². The number of ether oxygens (including phenoxy) is 1. The van der Waals surface area contributed by atoms with Gasteiger partial charge in [-0.2, -0.15) is 0 Å². The number of carbonyl (C=O) groups excluding carboxylic acids is 1. The van der Waals surface area contributed by atoms with E-state index in [0.29, 0.717) is 5.56 Å². The summed E-state index contributed by atoms with van der Waals surface area (Å²) in [5.41, 5.74) is 1.53. The minimum atomic E-state index is 0.0635. The van der Waals surface area contributed by atoms with Gasteiger partial charge in [-0.1, -0.05) is 11.8 Å². The zero-order valence-corrected chi connectivity index (χ0v) is 9.98. The number of thioether (sulfide) groups is 1. The summed E-state index contributed by atoms with van der Waals surface area (Å²) in [5.74, 6) is 0.753. The number of carbonyl (C=O) groups is 1. The summed E-state index contributed by atoms with van der Waals surface area (Å²) in [6.07, 6.45) is 1.78. The highest BCUT2D eigenvalue weighted by atomic mass is 32.2. The standard InChI is InChI=1S/C11H15NO2S/c1-4-12-10-7-8(14-2)5-6-9(10)11(13)15-3/h5-7,12H,4H2,1-3H3. The van der Waals surface area contributed by atoms with Gasteiger partial charge in [0.25, 0.3) is 0 Å². The Bertz CT molecular complexity index is 352. The third-order valence-electron chi connectivity index (χ3n) is 2.00. The van der Waals surface area contributed by atoms with E-state index in [1.807, 2.05) is 13.0 Å². The van der Waals surface area contributed by atoms with Gasteiger partial charge >= 0.3 is 0 Å². The quantitative estimate of drug-likeness (QED) is 0.855. The molecule has 1 rings (SSSR count). The molecule has 0 radical (unpaired) electrons. The van der Waals surface area contributed by atoms with Crippen LogP contribution in [0.4, 0.5) is 5.69 Å². The summed E-state index contributed by atoms with van der Waals surface area (Å²) in [4.78, 5) is 11.6. The molecule has 15 heavy (non-hydrogen) atoms. The summed E-state index contributed by atoms with van der Waals surface area (Å²) >= 11 is 1.21. The number of hydrogen-bond donors (Lipinski definition) is 1. The van der Waals surface area contributed by atoms with Gasteiger partial charge in [0.05, 0.1) is 12.7 Å². The van der Waals surface area contributed by atoms with Crippen LogP contribution < -0.4 is 10.1 Å². The van der Waals surface area contributed by atoms with Crippen molar-refractivity contribution in [2.24, 2.45) is 0 Å². The first-order valence-electron chi connectivity index (χ1n) is 4.73. The van der Waals surface area contributed by atoms with Gasteiger partial charge in [0, 0.05) is 18.3 Å². The molecule has 0 spiro atoms. The topological polar surface area (TPSA) is 38.3 Å². The molecular weight excluding hydrogens is 210 g/mol. The highest BCUT2D eigenvalue weighted by Crippen LogP contribution is 2.25. The fraction of sp³-hybridized carbons (Fsp3) is 0.364. The normalized spacial score (nSPS) is 9.80. The fourth-order valence-electron chi connectivity index (χ4n) is 1.27. The van der Waals surface area contributed by atoms with E-state index in [1.165, 1.54) is 11.8 Å². The van der Waals surface area contributed by atoms with E-state index in [9.17, 15) is 4.79 Å². The predicted molar refractivity (Wildman–Crippen MR) is 65.0 cm³/mol. The molecule has 0 aliphatic heterocycles. The van der Waals surface area contributed by atoms with Crippen LogP contribution in [0.25, 0.3) is 0 Å². The SMILES string of the molecule is CCNc1cc(OC)ccc1C(=O)SC. The molecule has 82 valence electrons. The maximum atomic E-state index is 11.6. The lowest BCUT2D eigenvalue weighted by atomic mass is 10.2. The van der Waals surface area contributed by atoms with Crippen LogP contribution in [0.15, 0.2) is 18.2 Å². The predicted octanol–water partition coefficient (Wildman–Crippen LogP) is 2.63. The first-order chi connectivity index (χ1) is 7.22. The Labute approximate surface area is 94.2 Å². The second-order valence-corrected chi connectivity index (χ2v) is 3.71. The Balaban J connectivity index is 3.08. The van der Waals surface area contributed by atoms with E-state index in [4.69, 9.17) is 4.74 Å². The van der Waals surface area contributed by atoms with Crippen LogP contribution >= 0.6 is 11.8 Å². The molecule has 4 heteroatoms. The van der Waals surface area contributed by atoms with Gasteiger partial charge in [-0.25, -0.2) is 0 Å². The van der Waals surface area contributed by atoms with Crippen molar-refractivity contribution in [1.29, 1.82) is 0 Å². The van der Waals surface area contributed by atoms with E-state index in [2.05, 4.69) is 5.32 Å². The molecule has 0 saturated carbocycles. The summed E-state index contributed by atoms with van der Waals surface area (Å²) in [6.45, 7) is 2.77. The van der Waals surface area contributed by atoms with Crippen LogP contribution in [0.3, 0.4) is 0 Å². The molecule has 0 atom stereocenters. The van der Waals surface area contributed by atoms with Crippen LogP contribution in [-0.4, -0.2) is 25.0 Å². The van der Waals surface area contributed by atoms with Gasteiger partial charge in [-0.3, -0.25) is 4.79 Å². The lowest BCUT2D eigenvalue weighted by Crippen LogP contribution is -2.04. The highest BCUT2D eigenvalue weighted by Gasteiger charge is 2.10. The van der Waals surface area contributed by atoms with Gasteiger partial charge in [0.15, 0.2) is 0 Å². The van der Waals surface area contributed by atoms with Crippen LogP contribution in [0.5, 0.6) is 5.75 Å². The molecule has 0 aliphatic rings. The molecule has 0 fully saturated rings. The number of nitrogens with one attached hydrogen (secondary N) is 1. The van der Waals surface area contributed by atoms with Gasteiger partial charge in [0.2, 0.25) is 5.12 Å². The van der Waals surface area contributed by atoms with Crippen molar-refractivity contribution < 1.29 is 9.53 Å². The largest absolute Gasteiger partial charge is 0.497 e. The second kappa shape index (κ2) is 5.66. The minimum absolute atomic E-state index is 0.0635. The maximum absolute atomic E-state index is 11.6. The average Bonchev–Trinajstić information content (AvgIpc) is 2.28. The summed E-state index contributed by atoms with van der Waals surface area (Å²) < 4.78 is 5.11. The molecule has 1 N–H and O–H groups in total. The smallest absolute Gasteiger partial charge is 0.221 e. The molecular formula is C11H15NO2S. The van der Waals surface area contributed by atoms with E-state index in [1.54, 1.807) is 25.5 Å². The van der Waals surface area contributed by atoms with Crippen LogP contribution in [-0.2, 0) is 0 Å². The van der Waals surface area contributed by atoms with E-state index >= 15 is 0 Å². The lowest BCUT2D eigenvalue weighted by molar-refractivity contribution is 0.109. The summed E-state index contributed by atoms with van der Waals surface area (Å²) in [7, 11) is 1.61. The number of benzene rings is 1. The molecule has 1 aromatic rings. The zero-order valence-electron chi connectivity index (χ0n) is 9.16. The monoisotopic (exact) mass is 225 g/mol. The third-order valence-corrected chi connectivity index (χ3v) is 2.59. The van der Waals surface area contributed by atoms with Crippen LogP contribution in [0.1, 0.15) is 17.3 Å². The minimum Gasteiger partial charge on any atom is -0.497 e. The molecule has 0 unspecified atom stereocenters. The number of methoxy groups -OCH3 is 1. The van der Waals surface area contributed by atoms with Gasteiger partial charge < -0.3 is 10.1 Å². The molecule has 1 aromatic carbocycles. The van der Waals surface area contributed by atoms with Crippen molar-refractivity contribution in [1.82, 2.24) is 0 Å². The molecule has 0 heterocycles. The Hall–Kier alpha value is -1.16. The van der Waals surface area contributed by atoms with Gasteiger partial charge in [-0.15, -0.1) is 0 Å². The average molecular weight is 225 g/mol. The number of hydrogen-bond acceptors (Lipinski definition) is 4. The number of anilines is 1. The molecule has 0 aromatic heterocycles. The van der Waals surface area contributed by atoms with Crippen molar-refractivity contribution in [3.63, 3.8) is 0 Å². The first-order valence-corrected chi connectivity index (χ1v) is 5.95. The van der Waals surface area contributed by atoms with Crippen LogP contribution in [0.2, 0.25) is 0 Å². The second-order valence-electron chi connectivity index (χ2n) is 2.93. The summed E-state index contributed by atoms with van der Waals surface area (Å²) in [5, 5.41) is 3.22. The van der Waals surface area contributed by atoms with E-state index in [0.717, 1.165) is 18.0 Å². The maximum Gasteiger partial charge on any atom is 0.221 e. The Morgan fingerprint density at radius 2 is 2.27 bits per heavy atom. The molecule has 0 saturated heterocycles. The Kier molecular flexibility index (Phi) is 4.49. The Morgan fingerprint density at radius 3 is 2.80 bits per heavy atom. The van der Waals surface area contributed by atoms with Gasteiger partial charge in [0.1, 0.15) is 5.75 Å². The van der Waals surface area contributed by atoms with Crippen LogP contribution in [0, 0.1) is 0 Å². The number of rotatable bonds is 4. The van der Waals surface area contributed by atoms with Crippen molar-refractivity contribution in [2.45, 2.75) is 6.92 Å². The molecule has 0 bridgehead atoms. The van der Waals surface area contributed by atoms with Gasteiger partial charge in [-0.05, 0) is 25.3 Å². The van der Waals surface area contributed by atoms with E-state index < -0.39 is 0 Å². The van der Waals surface area contributed by atoms with Crippen molar-refractivity contribution in [3.8, 4) is 5.75 Å². The van der Waals surface area contributed by atoms with Crippen molar-refractivity contribution in [3.05, 3.63) is 23.8 Å². The zero-order chi connectivity index (χ0) is 11.3. The molecule has 0 amide bonds. The van der Waals surface area contributed by atoms with Crippen molar-refractivity contribution >= 4 is 22.6 Å². The summed E-state index contributed by atoms with van der Waals surface area (Å²) in [6, 6.07) is 5.42. The third kappa shape index (κ3) is 2.89. The Morgan fingerprint density at radius 1 is 1.53 bits per heavy atom. The molecule has 0 aliphatic carbocycles. The first kappa shape index (κ1) is 11.9. The fourth-order valence-corrected chi connectivity index (χ4v) is 1.67. The molecule has 3 nitrogen and oxygen atoms in total. The van der Waals surface area contributed by atoms with E-state index in [-0.39, 0.29) is 5.12 Å². The highest BCUT2D eigenvalue weighted by molar-refractivity contribution is 8.13. The lowest BCUT2D eigenvalue weighted by Gasteiger charge is -2.10.